The van der Waals surface area contributed by atoms with Crippen LogP contribution in [0.4, 0.5) is 11.8 Å². The fourth-order valence-corrected chi connectivity index (χ4v) is 4.41. The second-order valence-corrected chi connectivity index (χ2v) is 8.51. The normalized spacial score (nSPS) is 19.9. The van der Waals surface area contributed by atoms with Crippen molar-refractivity contribution in [2.24, 2.45) is 0 Å². The Morgan fingerprint density at radius 2 is 1.77 bits per heavy atom. The van der Waals surface area contributed by atoms with Gasteiger partial charge in [0.05, 0.1) is 0 Å². The molecule has 0 bridgehead atoms. The van der Waals surface area contributed by atoms with Crippen LogP contribution in [0.1, 0.15) is 62.8 Å². The molecule has 1 fully saturated rings. The van der Waals surface area contributed by atoms with E-state index in [1.165, 1.54) is 43.2 Å². The third kappa shape index (κ3) is 3.55. The van der Waals surface area contributed by atoms with Crippen LogP contribution in [0.25, 0.3) is 0 Å². The van der Waals surface area contributed by atoms with Crippen molar-refractivity contribution in [3.05, 3.63) is 47.2 Å². The van der Waals surface area contributed by atoms with Crippen molar-refractivity contribution < 1.29 is 0 Å². The zero-order chi connectivity index (χ0) is 18.1. The summed E-state index contributed by atoms with van der Waals surface area (Å²) < 4.78 is 0. The van der Waals surface area contributed by atoms with E-state index in [9.17, 15) is 0 Å². The maximum atomic E-state index is 4.92. The van der Waals surface area contributed by atoms with Gasteiger partial charge in [0, 0.05) is 29.9 Å². The van der Waals surface area contributed by atoms with Crippen LogP contribution in [0, 0.1) is 6.92 Å². The van der Waals surface area contributed by atoms with Crippen LogP contribution < -0.4 is 10.2 Å². The molecule has 138 valence electrons. The number of hydrogen-bond donors (Lipinski definition) is 1. The van der Waals surface area contributed by atoms with Gasteiger partial charge >= 0.3 is 0 Å². The van der Waals surface area contributed by atoms with Gasteiger partial charge in [-0.3, -0.25) is 0 Å². The molecule has 0 unspecified atom stereocenters. The highest BCUT2D eigenvalue weighted by molar-refractivity contribution is 5.51. The Labute approximate surface area is 157 Å². The highest BCUT2D eigenvalue weighted by Crippen LogP contribution is 2.34. The highest BCUT2D eigenvalue weighted by atomic mass is 15.3. The van der Waals surface area contributed by atoms with Gasteiger partial charge < -0.3 is 10.2 Å². The molecule has 4 nitrogen and oxygen atoms in total. The Morgan fingerprint density at radius 3 is 2.54 bits per heavy atom. The van der Waals surface area contributed by atoms with Gasteiger partial charge in [0.15, 0.2) is 0 Å². The standard InChI is InChI=1S/C22H30N4/c1-16-13-20(25-21(23-16)24-19-11-5-4-6-12-19)26-15-18-10-8-7-9-17(18)14-22(26,2)3/h7-10,13,19H,4-6,11-12,14-15H2,1-3H3,(H,23,24,25). The lowest BCUT2D eigenvalue weighted by Crippen LogP contribution is -2.49. The van der Waals surface area contributed by atoms with Gasteiger partial charge in [-0.25, -0.2) is 4.98 Å². The first-order valence-corrected chi connectivity index (χ1v) is 9.98. The minimum Gasteiger partial charge on any atom is -0.351 e. The lowest BCUT2D eigenvalue weighted by molar-refractivity contribution is 0.427. The van der Waals surface area contributed by atoms with Crippen LogP contribution >= 0.6 is 0 Å². The highest BCUT2D eigenvalue weighted by Gasteiger charge is 2.34. The molecule has 26 heavy (non-hydrogen) atoms. The summed E-state index contributed by atoms with van der Waals surface area (Å²) in [5, 5.41) is 3.60. The zero-order valence-corrected chi connectivity index (χ0v) is 16.3. The largest absolute Gasteiger partial charge is 0.351 e. The molecule has 1 aromatic carbocycles. The third-order valence-electron chi connectivity index (χ3n) is 5.86. The molecule has 1 aromatic heterocycles. The maximum Gasteiger partial charge on any atom is 0.225 e. The van der Waals surface area contributed by atoms with Gasteiger partial charge in [-0.15, -0.1) is 0 Å². The Morgan fingerprint density at radius 1 is 1.04 bits per heavy atom. The molecular weight excluding hydrogens is 320 g/mol. The minimum atomic E-state index is 0.0389. The monoisotopic (exact) mass is 350 g/mol. The summed E-state index contributed by atoms with van der Waals surface area (Å²) in [4.78, 5) is 12.0. The van der Waals surface area contributed by atoms with Gasteiger partial charge in [0.1, 0.15) is 5.82 Å². The van der Waals surface area contributed by atoms with Gasteiger partial charge in [0.25, 0.3) is 0 Å². The number of nitrogens with one attached hydrogen (secondary N) is 1. The van der Waals surface area contributed by atoms with E-state index in [0.29, 0.717) is 6.04 Å². The molecule has 0 atom stereocenters. The zero-order valence-electron chi connectivity index (χ0n) is 16.3. The molecule has 1 aliphatic carbocycles. The van der Waals surface area contributed by atoms with Crippen molar-refractivity contribution in [1.29, 1.82) is 0 Å². The van der Waals surface area contributed by atoms with Gasteiger partial charge in [0.2, 0.25) is 5.95 Å². The quantitative estimate of drug-likeness (QED) is 0.857. The van der Waals surface area contributed by atoms with E-state index in [0.717, 1.165) is 30.4 Å². The number of fused-ring (bicyclic) bond motifs is 1. The lowest BCUT2D eigenvalue weighted by Gasteiger charge is -2.44. The summed E-state index contributed by atoms with van der Waals surface area (Å²) in [6, 6.07) is 11.4. The summed E-state index contributed by atoms with van der Waals surface area (Å²) in [5.74, 6) is 1.83. The van der Waals surface area contributed by atoms with Crippen LogP contribution in [0.3, 0.4) is 0 Å². The molecule has 0 saturated heterocycles. The number of aromatic nitrogens is 2. The van der Waals surface area contributed by atoms with Gasteiger partial charge in [-0.2, -0.15) is 4.98 Å². The third-order valence-corrected chi connectivity index (χ3v) is 5.86. The fourth-order valence-electron chi connectivity index (χ4n) is 4.41. The summed E-state index contributed by atoms with van der Waals surface area (Å²) in [6.07, 6.45) is 7.49. The molecule has 2 heterocycles. The van der Waals surface area contributed by atoms with E-state index in [-0.39, 0.29) is 5.54 Å². The smallest absolute Gasteiger partial charge is 0.225 e. The molecule has 0 amide bonds. The molecule has 1 N–H and O–H groups in total. The number of hydrogen-bond acceptors (Lipinski definition) is 4. The molecule has 0 spiro atoms. The minimum absolute atomic E-state index is 0.0389. The number of aryl methyl sites for hydroxylation is 1. The van der Waals surface area contributed by atoms with Crippen LogP contribution in [0.2, 0.25) is 0 Å². The van der Waals surface area contributed by atoms with Gasteiger partial charge in [-0.05, 0) is 51.2 Å². The van der Waals surface area contributed by atoms with Crippen molar-refractivity contribution in [2.75, 3.05) is 10.2 Å². The van der Waals surface area contributed by atoms with E-state index in [1.807, 2.05) is 0 Å². The van der Waals surface area contributed by atoms with Crippen molar-refractivity contribution in [3.63, 3.8) is 0 Å². The summed E-state index contributed by atoms with van der Waals surface area (Å²) >= 11 is 0. The predicted octanol–water partition coefficient (Wildman–Crippen LogP) is 4.87. The summed E-state index contributed by atoms with van der Waals surface area (Å²) in [7, 11) is 0. The second-order valence-electron chi connectivity index (χ2n) is 8.51. The maximum absolute atomic E-state index is 4.92. The summed E-state index contributed by atoms with van der Waals surface area (Å²) in [6.45, 7) is 7.61. The molecule has 4 heteroatoms. The first kappa shape index (κ1) is 17.3. The topological polar surface area (TPSA) is 41.1 Å². The Balaban J connectivity index is 1.62. The average Bonchev–Trinajstić information content (AvgIpc) is 2.60. The van der Waals surface area contributed by atoms with Crippen molar-refractivity contribution in [1.82, 2.24) is 9.97 Å². The fraction of sp³-hybridized carbons (Fsp3) is 0.545. The van der Waals surface area contributed by atoms with Crippen LogP contribution in [0.5, 0.6) is 0 Å². The molecule has 1 saturated carbocycles. The Kier molecular flexibility index (Phi) is 4.60. The molecule has 1 aliphatic heterocycles. The Hall–Kier alpha value is -2.10. The van der Waals surface area contributed by atoms with E-state index in [4.69, 9.17) is 4.98 Å². The predicted molar refractivity (Wildman–Crippen MR) is 108 cm³/mol. The SMILES string of the molecule is Cc1cc(N2Cc3ccccc3CC2(C)C)nc(NC2CCCCC2)n1. The van der Waals surface area contributed by atoms with Crippen LogP contribution in [-0.2, 0) is 13.0 Å². The first-order chi connectivity index (χ1) is 12.5. The van der Waals surface area contributed by atoms with Crippen LogP contribution in [-0.4, -0.2) is 21.5 Å². The lowest BCUT2D eigenvalue weighted by atomic mass is 9.85. The molecule has 2 aliphatic rings. The molecule has 4 rings (SSSR count). The average molecular weight is 351 g/mol. The van der Waals surface area contributed by atoms with Crippen molar-refractivity contribution >= 4 is 11.8 Å². The second kappa shape index (κ2) is 6.90. The van der Waals surface area contributed by atoms with E-state index in [1.54, 1.807) is 0 Å². The first-order valence-electron chi connectivity index (χ1n) is 9.98. The van der Waals surface area contributed by atoms with E-state index < -0.39 is 0 Å². The number of nitrogens with zero attached hydrogens (tertiary/aromatic N) is 3. The molecule has 0 radical (unpaired) electrons. The number of anilines is 2. The number of benzene rings is 1. The molecular formula is C22H30N4. The van der Waals surface area contributed by atoms with E-state index in [2.05, 4.69) is 66.3 Å². The van der Waals surface area contributed by atoms with E-state index >= 15 is 0 Å². The molecule has 2 aromatic rings. The van der Waals surface area contributed by atoms with Crippen molar-refractivity contribution in [2.45, 2.75) is 77.4 Å². The number of rotatable bonds is 3. The van der Waals surface area contributed by atoms with Gasteiger partial charge in [-0.1, -0.05) is 43.5 Å². The summed E-state index contributed by atoms with van der Waals surface area (Å²) in [5.41, 5.74) is 3.94. The van der Waals surface area contributed by atoms with Crippen molar-refractivity contribution in [3.8, 4) is 0 Å². The van der Waals surface area contributed by atoms with Crippen LogP contribution in [0.15, 0.2) is 30.3 Å². The Bertz CT molecular complexity index is 777.